The van der Waals surface area contributed by atoms with Crippen LogP contribution >= 0.6 is 0 Å². The Morgan fingerprint density at radius 1 is 0.519 bits per heavy atom. The van der Waals surface area contributed by atoms with Crippen LogP contribution in [0.1, 0.15) is 93.9 Å². The summed E-state index contributed by atoms with van der Waals surface area (Å²) in [7, 11) is 0. The quantitative estimate of drug-likeness (QED) is 0.434. The van der Waals surface area contributed by atoms with Gasteiger partial charge in [0.05, 0.1) is 18.1 Å². The van der Waals surface area contributed by atoms with Gasteiger partial charge in [-0.15, -0.1) is 0 Å². The van der Waals surface area contributed by atoms with Crippen LogP contribution in [-0.2, 0) is 0 Å². The van der Waals surface area contributed by atoms with Gasteiger partial charge in [-0.1, -0.05) is 68.2 Å². The van der Waals surface area contributed by atoms with Gasteiger partial charge in [-0.05, 0) is 73.0 Å². The maximum absolute atomic E-state index is 5.05. The highest BCUT2D eigenvalue weighted by molar-refractivity contribution is 5.42. The van der Waals surface area contributed by atoms with Crippen molar-refractivity contribution in [2.75, 3.05) is 0 Å². The van der Waals surface area contributed by atoms with Crippen molar-refractivity contribution in [1.29, 1.82) is 0 Å². The molecule has 2 rings (SSSR count). The first-order chi connectivity index (χ1) is 12.7. The van der Waals surface area contributed by atoms with Crippen molar-refractivity contribution in [1.82, 2.24) is 0 Å². The molecule has 0 amide bonds. The van der Waals surface area contributed by atoms with Crippen LogP contribution in [0.25, 0.3) is 0 Å². The third-order valence-corrected chi connectivity index (χ3v) is 7.74. The SMILES string of the molecule is CC(C)C1CCCC(C(C)C)C1N=C=NC1C(C(C)C)CCCC1C(C)C. The van der Waals surface area contributed by atoms with Crippen molar-refractivity contribution < 1.29 is 0 Å². The van der Waals surface area contributed by atoms with E-state index in [0.717, 1.165) is 0 Å². The molecule has 27 heavy (non-hydrogen) atoms. The van der Waals surface area contributed by atoms with E-state index in [0.29, 0.717) is 59.4 Å². The Balaban J connectivity index is 2.27. The normalized spacial score (nSPS) is 35.0. The van der Waals surface area contributed by atoms with Gasteiger partial charge in [-0.2, -0.15) is 0 Å². The molecule has 0 saturated heterocycles. The molecule has 0 aromatic heterocycles. The highest BCUT2D eigenvalue weighted by Crippen LogP contribution is 2.41. The summed E-state index contributed by atoms with van der Waals surface area (Å²) < 4.78 is 0. The zero-order valence-electron chi connectivity index (χ0n) is 19.4. The molecular weight excluding hydrogens is 328 g/mol. The smallest absolute Gasteiger partial charge is 0.0898 e. The molecule has 0 aromatic rings. The topological polar surface area (TPSA) is 24.7 Å². The lowest BCUT2D eigenvalue weighted by molar-refractivity contribution is 0.140. The number of hydrogen-bond acceptors (Lipinski definition) is 2. The van der Waals surface area contributed by atoms with E-state index in [-0.39, 0.29) is 0 Å². The zero-order valence-corrected chi connectivity index (χ0v) is 19.4. The van der Waals surface area contributed by atoms with Crippen LogP contribution in [0.3, 0.4) is 0 Å². The van der Waals surface area contributed by atoms with Gasteiger partial charge >= 0.3 is 0 Å². The van der Waals surface area contributed by atoms with E-state index >= 15 is 0 Å². The fourth-order valence-corrected chi connectivity index (χ4v) is 5.96. The lowest BCUT2D eigenvalue weighted by atomic mass is 9.68. The molecule has 0 bridgehead atoms. The largest absolute Gasteiger partial charge is 0.222 e. The predicted molar refractivity (Wildman–Crippen MR) is 118 cm³/mol. The average Bonchev–Trinajstić information content (AvgIpc) is 2.61. The maximum Gasteiger partial charge on any atom is 0.0898 e. The van der Waals surface area contributed by atoms with E-state index in [1.165, 1.54) is 38.5 Å². The summed E-state index contributed by atoms with van der Waals surface area (Å²) in [6, 6.07) is 4.15. The van der Waals surface area contributed by atoms with Crippen LogP contribution in [-0.4, -0.2) is 18.1 Å². The minimum atomic E-state index is 0.418. The molecule has 2 nitrogen and oxygen atoms in total. The number of aliphatic imine (C=N–C) groups is 2. The van der Waals surface area contributed by atoms with E-state index in [1.807, 2.05) is 0 Å². The molecular formula is C25H46N2. The van der Waals surface area contributed by atoms with Crippen molar-refractivity contribution in [3.8, 4) is 0 Å². The summed E-state index contributed by atoms with van der Waals surface area (Å²) in [5.41, 5.74) is 0. The van der Waals surface area contributed by atoms with Gasteiger partial charge in [-0.3, -0.25) is 0 Å². The summed E-state index contributed by atoms with van der Waals surface area (Å²) in [5, 5.41) is 0. The summed E-state index contributed by atoms with van der Waals surface area (Å²) in [5.74, 6) is 5.58. The first-order valence-electron chi connectivity index (χ1n) is 11.9. The molecule has 2 heteroatoms. The third kappa shape index (κ3) is 5.69. The molecule has 0 radical (unpaired) electrons. The molecule has 2 fully saturated rings. The molecule has 2 aliphatic rings. The molecule has 2 aliphatic carbocycles. The van der Waals surface area contributed by atoms with Gasteiger partial charge in [-0.25, -0.2) is 9.98 Å². The molecule has 0 aromatic carbocycles. The highest BCUT2D eigenvalue weighted by atomic mass is 14.9. The molecule has 156 valence electrons. The molecule has 0 spiro atoms. The van der Waals surface area contributed by atoms with Gasteiger partial charge in [0, 0.05) is 0 Å². The van der Waals surface area contributed by atoms with E-state index in [1.54, 1.807) is 0 Å². The van der Waals surface area contributed by atoms with Crippen LogP contribution in [0.15, 0.2) is 9.98 Å². The Morgan fingerprint density at radius 3 is 1.00 bits per heavy atom. The minimum absolute atomic E-state index is 0.418. The van der Waals surface area contributed by atoms with Crippen molar-refractivity contribution in [2.24, 2.45) is 57.3 Å². The lowest BCUT2D eigenvalue weighted by Gasteiger charge is -2.40. The second-order valence-electron chi connectivity index (χ2n) is 10.8. The Kier molecular flexibility index (Phi) is 8.60. The van der Waals surface area contributed by atoms with Crippen LogP contribution in [0, 0.1) is 47.3 Å². The number of rotatable bonds is 6. The van der Waals surface area contributed by atoms with Gasteiger partial charge in [0.1, 0.15) is 0 Å². The molecule has 0 aliphatic heterocycles. The summed E-state index contributed by atoms with van der Waals surface area (Å²) in [6.45, 7) is 19.0. The summed E-state index contributed by atoms with van der Waals surface area (Å²) >= 11 is 0. The van der Waals surface area contributed by atoms with E-state index in [4.69, 9.17) is 9.98 Å². The Bertz CT molecular complexity index is 424. The van der Waals surface area contributed by atoms with Gasteiger partial charge in [0.15, 0.2) is 0 Å². The standard InChI is InChI=1S/C25H46N2/c1-16(2)20-11-9-12-21(17(3)4)24(20)26-15-27-25-22(18(5)6)13-10-14-23(25)19(7)8/h16-25H,9-14H2,1-8H3. The van der Waals surface area contributed by atoms with Gasteiger partial charge in [0.25, 0.3) is 0 Å². The Morgan fingerprint density at radius 2 is 0.778 bits per heavy atom. The van der Waals surface area contributed by atoms with Gasteiger partial charge < -0.3 is 0 Å². The van der Waals surface area contributed by atoms with Crippen molar-refractivity contribution in [3.63, 3.8) is 0 Å². The molecule has 0 heterocycles. The zero-order chi connectivity index (χ0) is 20.1. The van der Waals surface area contributed by atoms with Crippen LogP contribution < -0.4 is 0 Å². The average molecular weight is 375 g/mol. The van der Waals surface area contributed by atoms with Crippen LogP contribution in [0.5, 0.6) is 0 Å². The number of hydrogen-bond donors (Lipinski definition) is 0. The monoisotopic (exact) mass is 374 g/mol. The molecule has 4 atom stereocenters. The van der Waals surface area contributed by atoms with E-state index < -0.39 is 0 Å². The molecule has 0 N–H and O–H groups in total. The molecule has 4 unspecified atom stereocenters. The first kappa shape index (κ1) is 22.7. The third-order valence-electron chi connectivity index (χ3n) is 7.74. The van der Waals surface area contributed by atoms with Crippen LogP contribution in [0.2, 0.25) is 0 Å². The highest BCUT2D eigenvalue weighted by Gasteiger charge is 2.37. The van der Waals surface area contributed by atoms with Crippen molar-refractivity contribution in [2.45, 2.75) is 106 Å². The van der Waals surface area contributed by atoms with E-state index in [9.17, 15) is 0 Å². The fraction of sp³-hybridized carbons (Fsp3) is 0.960. The Hall–Kier alpha value is -0.620. The summed E-state index contributed by atoms with van der Waals surface area (Å²) in [6.07, 6.45) is 8.02. The predicted octanol–water partition coefficient (Wildman–Crippen LogP) is 7.35. The van der Waals surface area contributed by atoms with Gasteiger partial charge in [0.2, 0.25) is 0 Å². The maximum atomic E-state index is 5.05. The Labute approximate surface area is 169 Å². The lowest BCUT2D eigenvalue weighted by Crippen LogP contribution is -2.38. The second kappa shape index (κ2) is 10.2. The van der Waals surface area contributed by atoms with Crippen molar-refractivity contribution >= 4 is 6.01 Å². The van der Waals surface area contributed by atoms with Crippen LogP contribution in [0.4, 0.5) is 0 Å². The summed E-state index contributed by atoms with van der Waals surface area (Å²) in [4.78, 5) is 10.1. The van der Waals surface area contributed by atoms with E-state index in [2.05, 4.69) is 61.4 Å². The number of nitrogens with zero attached hydrogens (tertiary/aromatic N) is 2. The minimum Gasteiger partial charge on any atom is -0.222 e. The fourth-order valence-electron chi connectivity index (χ4n) is 5.96. The van der Waals surface area contributed by atoms with Crippen molar-refractivity contribution in [3.05, 3.63) is 0 Å². The molecule has 2 saturated carbocycles. The second-order valence-corrected chi connectivity index (χ2v) is 10.8. The first-order valence-corrected chi connectivity index (χ1v) is 11.9.